The van der Waals surface area contributed by atoms with Crippen molar-refractivity contribution >= 4 is 12.2 Å². The largest absolute Gasteiger partial charge is 0.397 e. The van der Waals surface area contributed by atoms with Crippen molar-refractivity contribution in [3.05, 3.63) is 84.9 Å². The van der Waals surface area contributed by atoms with E-state index in [0.717, 1.165) is 0 Å². The van der Waals surface area contributed by atoms with Crippen LogP contribution in [0, 0.1) is 0 Å². The second-order valence-corrected chi connectivity index (χ2v) is 4.00. The Balaban J connectivity index is -0.0000000205. The fourth-order valence-electron chi connectivity index (χ4n) is 1.18. The van der Waals surface area contributed by atoms with Gasteiger partial charge in [-0.1, -0.05) is 131 Å². The molecule has 0 aliphatic carbocycles. The van der Waals surface area contributed by atoms with Crippen LogP contribution in [0.4, 0.5) is 0 Å². The van der Waals surface area contributed by atoms with Crippen molar-refractivity contribution < 1.29 is 85.8 Å². The first-order chi connectivity index (χ1) is 12.1. The van der Waals surface area contributed by atoms with Gasteiger partial charge >= 0.3 is 0 Å². The van der Waals surface area contributed by atoms with Crippen LogP contribution in [0.15, 0.2) is 73.8 Å². The SMILES string of the molecule is C.C.C.C.C.C.C=Cc1ccccc1.C=Cc1ccccc1.CCO.CCO.OCO.[Y].[Y]. The van der Waals surface area contributed by atoms with Crippen LogP contribution in [0.5, 0.6) is 0 Å². The Morgan fingerprint density at radius 1 is 0.545 bits per heavy atom. The molecule has 0 atom stereocenters. The van der Waals surface area contributed by atoms with E-state index in [1.54, 1.807) is 13.8 Å². The standard InChI is InChI=1S/2C8H8.2C2H6O.CH4O2.6CH4.2Y/c2*1-2-8-6-4-3-5-7-8;2*1-2-3;2-1-3;;;;;;;;/h2*2-7H,1H2;2*3H,2H2,1H3;2-3H,1H2;6*1H4;;. The smallest absolute Gasteiger partial charge is 0.140 e. The molecule has 6 heteroatoms. The van der Waals surface area contributed by atoms with Gasteiger partial charge in [0.2, 0.25) is 0 Å². The van der Waals surface area contributed by atoms with Crippen molar-refractivity contribution in [2.75, 3.05) is 20.0 Å². The third kappa shape index (κ3) is 72.0. The maximum absolute atomic E-state index is 7.57. The first-order valence-corrected chi connectivity index (χ1v) is 7.89. The minimum Gasteiger partial charge on any atom is -0.397 e. The zero-order valence-electron chi connectivity index (χ0n) is 16.4. The van der Waals surface area contributed by atoms with Crippen molar-refractivity contribution in [2.24, 2.45) is 0 Å². The molecule has 0 heterocycles. The average molecular weight is 623 g/mol. The molecule has 33 heavy (non-hydrogen) atoms. The molecule has 194 valence electrons. The molecule has 0 bridgehead atoms. The van der Waals surface area contributed by atoms with E-state index in [1.165, 1.54) is 11.1 Å². The molecule has 0 unspecified atom stereocenters. The molecule has 0 aromatic heterocycles. The fraction of sp³-hybridized carbons (Fsp3) is 0.407. The number of aliphatic hydroxyl groups excluding tert-OH is 3. The van der Waals surface area contributed by atoms with E-state index in [1.807, 2.05) is 72.8 Å². The summed E-state index contributed by atoms with van der Waals surface area (Å²) in [6, 6.07) is 20.1. The molecule has 0 amide bonds. The Labute approximate surface area is 259 Å². The minimum atomic E-state index is -0.750. The van der Waals surface area contributed by atoms with Gasteiger partial charge in [0.15, 0.2) is 0 Å². The second-order valence-electron chi connectivity index (χ2n) is 4.00. The first kappa shape index (κ1) is 69.8. The zero-order chi connectivity index (χ0) is 19.8. The molecule has 2 aromatic carbocycles. The molecule has 0 spiro atoms. The van der Waals surface area contributed by atoms with Crippen molar-refractivity contribution in [3.63, 3.8) is 0 Å². The summed E-state index contributed by atoms with van der Waals surface area (Å²) in [6.07, 6.45) is 3.67. The monoisotopic (exact) mass is 622 g/mol. The third-order valence-corrected chi connectivity index (χ3v) is 2.07. The molecule has 2 rings (SSSR count). The average Bonchev–Trinajstić information content (AvgIpc) is 2.65. The molecule has 2 aromatic rings. The van der Waals surface area contributed by atoms with Crippen LogP contribution >= 0.6 is 0 Å². The summed E-state index contributed by atoms with van der Waals surface area (Å²) in [6.45, 7) is 10.4. The van der Waals surface area contributed by atoms with Crippen molar-refractivity contribution in [1.82, 2.24) is 0 Å². The van der Waals surface area contributed by atoms with Crippen LogP contribution in [-0.4, -0.2) is 40.4 Å². The number of benzene rings is 2. The van der Waals surface area contributed by atoms with Crippen LogP contribution in [0.2, 0.25) is 0 Å². The summed E-state index contributed by atoms with van der Waals surface area (Å²) < 4.78 is 0. The van der Waals surface area contributed by atoms with E-state index in [0.29, 0.717) is 0 Å². The molecule has 0 fully saturated rings. The van der Waals surface area contributed by atoms with Gasteiger partial charge in [-0.15, -0.1) is 0 Å². The van der Waals surface area contributed by atoms with Gasteiger partial charge in [0.25, 0.3) is 0 Å². The Bertz CT molecular complexity index is 434. The van der Waals surface area contributed by atoms with Gasteiger partial charge in [0.1, 0.15) is 6.79 Å². The van der Waals surface area contributed by atoms with Crippen LogP contribution < -0.4 is 0 Å². The molecule has 2 radical (unpaired) electrons. The molecular weight excluding hydrogens is 566 g/mol. The number of aliphatic hydroxyl groups is 4. The van der Waals surface area contributed by atoms with E-state index < -0.39 is 6.79 Å². The van der Waals surface area contributed by atoms with Crippen LogP contribution in [-0.2, 0) is 65.4 Å². The molecule has 0 aliphatic heterocycles. The van der Waals surface area contributed by atoms with Gasteiger partial charge in [0.05, 0.1) is 0 Å². The summed E-state index contributed by atoms with van der Waals surface area (Å²) >= 11 is 0. The molecule has 4 nitrogen and oxygen atoms in total. The summed E-state index contributed by atoms with van der Waals surface area (Å²) in [7, 11) is 0. The van der Waals surface area contributed by atoms with Gasteiger partial charge in [0, 0.05) is 78.6 Å². The Morgan fingerprint density at radius 3 is 0.788 bits per heavy atom. The summed E-state index contributed by atoms with van der Waals surface area (Å²) in [5.74, 6) is 0. The third-order valence-electron chi connectivity index (χ3n) is 2.07. The van der Waals surface area contributed by atoms with Gasteiger partial charge in [-0.3, -0.25) is 0 Å². The van der Waals surface area contributed by atoms with E-state index in [2.05, 4.69) is 13.2 Å². The zero-order valence-corrected chi connectivity index (χ0v) is 22.1. The minimum absolute atomic E-state index is 0. The van der Waals surface area contributed by atoms with E-state index in [-0.39, 0.29) is 123 Å². The predicted molar refractivity (Wildman–Crippen MR) is 148 cm³/mol. The fourth-order valence-corrected chi connectivity index (χ4v) is 1.18. The summed E-state index contributed by atoms with van der Waals surface area (Å²) in [5, 5.41) is 29.4. The van der Waals surface area contributed by atoms with Crippen LogP contribution in [0.25, 0.3) is 12.2 Å². The maximum atomic E-state index is 7.57. The van der Waals surface area contributed by atoms with Gasteiger partial charge in [-0.25, -0.2) is 0 Å². The van der Waals surface area contributed by atoms with Gasteiger partial charge in [-0.2, -0.15) is 0 Å². The topological polar surface area (TPSA) is 80.9 Å². The number of hydrogen-bond donors (Lipinski definition) is 4. The molecule has 0 aliphatic rings. The van der Waals surface area contributed by atoms with E-state index in [9.17, 15) is 0 Å². The molecule has 4 N–H and O–H groups in total. The number of rotatable bonds is 2. The van der Waals surface area contributed by atoms with Crippen LogP contribution in [0.1, 0.15) is 69.5 Å². The predicted octanol–water partition coefficient (Wildman–Crippen LogP) is 7.40. The first-order valence-electron chi connectivity index (χ1n) is 7.89. The Morgan fingerprint density at radius 2 is 0.697 bits per heavy atom. The van der Waals surface area contributed by atoms with Crippen molar-refractivity contribution in [2.45, 2.75) is 58.4 Å². The normalized spacial score (nSPS) is 5.76. The van der Waals surface area contributed by atoms with E-state index >= 15 is 0 Å². The second kappa shape index (κ2) is 69.7. The number of hydrogen-bond acceptors (Lipinski definition) is 4. The summed E-state index contributed by atoms with van der Waals surface area (Å²) in [5.41, 5.74) is 2.35. The Kier molecular flexibility index (Phi) is 148. The molecule has 0 saturated carbocycles. The molecular formula is C27H56O4Y2. The van der Waals surface area contributed by atoms with Gasteiger partial charge < -0.3 is 20.4 Å². The van der Waals surface area contributed by atoms with Crippen LogP contribution in [0.3, 0.4) is 0 Å². The molecule has 0 saturated heterocycles. The quantitative estimate of drug-likeness (QED) is 0.263. The van der Waals surface area contributed by atoms with Crippen molar-refractivity contribution in [3.8, 4) is 0 Å². The Hall–Kier alpha value is -0.0322. The van der Waals surface area contributed by atoms with E-state index in [4.69, 9.17) is 20.4 Å². The maximum Gasteiger partial charge on any atom is 0.140 e. The van der Waals surface area contributed by atoms with Crippen molar-refractivity contribution in [1.29, 1.82) is 0 Å². The van der Waals surface area contributed by atoms with Gasteiger partial charge in [-0.05, 0) is 25.0 Å². The summed E-state index contributed by atoms with van der Waals surface area (Å²) in [4.78, 5) is 0.